The molecule has 1 aromatic heterocycles. The summed E-state index contributed by atoms with van der Waals surface area (Å²) in [6.07, 6.45) is 2.32. The lowest BCUT2D eigenvalue weighted by Gasteiger charge is -2.42. The molecule has 1 heterocycles. The van der Waals surface area contributed by atoms with E-state index in [2.05, 4.69) is 10.4 Å². The number of rotatable bonds is 9. The number of benzene rings is 1. The number of hydrogen-bond donors (Lipinski definition) is 3. The lowest BCUT2D eigenvalue weighted by Crippen LogP contribution is -2.58. The first-order valence-electron chi connectivity index (χ1n) is 9.68. The van der Waals surface area contributed by atoms with Crippen LogP contribution in [0.5, 0.6) is 0 Å². The Balaban J connectivity index is 2.10. The van der Waals surface area contributed by atoms with Crippen molar-refractivity contribution >= 4 is 6.09 Å². The highest BCUT2D eigenvalue weighted by Gasteiger charge is 2.37. The van der Waals surface area contributed by atoms with Crippen LogP contribution in [-0.4, -0.2) is 55.2 Å². The lowest BCUT2D eigenvalue weighted by molar-refractivity contribution is 0.00770. The van der Waals surface area contributed by atoms with Crippen LogP contribution in [0.15, 0.2) is 42.7 Å². The minimum Gasteiger partial charge on any atom is -0.465 e. The van der Waals surface area contributed by atoms with Crippen LogP contribution in [0.1, 0.15) is 38.8 Å². The summed E-state index contributed by atoms with van der Waals surface area (Å²) in [6, 6.07) is 9.11. The first-order chi connectivity index (χ1) is 13.2. The van der Waals surface area contributed by atoms with E-state index in [1.807, 2.05) is 68.9 Å². The van der Waals surface area contributed by atoms with Gasteiger partial charge in [0.1, 0.15) is 0 Å². The van der Waals surface area contributed by atoms with E-state index in [4.69, 9.17) is 0 Å². The lowest BCUT2D eigenvalue weighted by atomic mass is 9.94. The quantitative estimate of drug-likeness (QED) is 0.614. The minimum absolute atomic E-state index is 0.286. The summed E-state index contributed by atoms with van der Waals surface area (Å²) in [7, 11) is 0. The summed E-state index contributed by atoms with van der Waals surface area (Å²) in [5, 5.41) is 28.2. The Morgan fingerprint density at radius 2 is 1.93 bits per heavy atom. The van der Waals surface area contributed by atoms with Crippen LogP contribution >= 0.6 is 0 Å². The van der Waals surface area contributed by atoms with E-state index in [0.717, 1.165) is 17.7 Å². The Morgan fingerprint density at radius 3 is 2.46 bits per heavy atom. The van der Waals surface area contributed by atoms with Crippen molar-refractivity contribution in [1.29, 1.82) is 0 Å². The van der Waals surface area contributed by atoms with E-state index in [0.29, 0.717) is 13.0 Å². The molecule has 28 heavy (non-hydrogen) atoms. The molecule has 2 rings (SSSR count). The van der Waals surface area contributed by atoms with Crippen LogP contribution in [0.3, 0.4) is 0 Å². The van der Waals surface area contributed by atoms with Gasteiger partial charge in [0.25, 0.3) is 0 Å². The van der Waals surface area contributed by atoms with Crippen molar-refractivity contribution < 1.29 is 15.0 Å². The van der Waals surface area contributed by atoms with Crippen molar-refractivity contribution in [2.45, 2.75) is 64.9 Å². The molecular weight excluding hydrogens is 356 g/mol. The predicted octanol–water partition coefficient (Wildman–Crippen LogP) is 2.74. The first-order valence-corrected chi connectivity index (χ1v) is 9.68. The molecule has 3 N–H and O–H groups in total. The summed E-state index contributed by atoms with van der Waals surface area (Å²) >= 11 is 0. The van der Waals surface area contributed by atoms with Crippen molar-refractivity contribution in [2.24, 2.45) is 0 Å². The molecule has 0 aliphatic carbocycles. The highest BCUT2D eigenvalue weighted by Crippen LogP contribution is 2.22. The molecule has 0 bridgehead atoms. The molecule has 0 aliphatic rings. The number of nitrogens with zero attached hydrogens (tertiary/aromatic N) is 3. The monoisotopic (exact) mass is 388 g/mol. The van der Waals surface area contributed by atoms with Gasteiger partial charge in [-0.2, -0.15) is 5.10 Å². The van der Waals surface area contributed by atoms with Crippen LogP contribution in [0.25, 0.3) is 0 Å². The van der Waals surface area contributed by atoms with E-state index in [1.54, 1.807) is 6.20 Å². The molecule has 0 saturated carbocycles. The van der Waals surface area contributed by atoms with E-state index >= 15 is 0 Å². The highest BCUT2D eigenvalue weighted by molar-refractivity contribution is 5.66. The fourth-order valence-electron chi connectivity index (χ4n) is 3.35. The second-order valence-electron chi connectivity index (χ2n) is 7.98. The minimum atomic E-state index is -1.03. The van der Waals surface area contributed by atoms with Crippen LogP contribution in [0.2, 0.25) is 0 Å². The molecule has 0 saturated heterocycles. The second-order valence-corrected chi connectivity index (χ2v) is 7.98. The smallest absolute Gasteiger partial charge is 0.408 e. The summed E-state index contributed by atoms with van der Waals surface area (Å²) in [6.45, 7) is 9.22. The zero-order chi connectivity index (χ0) is 20.7. The summed E-state index contributed by atoms with van der Waals surface area (Å²) < 4.78 is 1.84. The average molecular weight is 389 g/mol. The molecule has 0 unspecified atom stereocenters. The van der Waals surface area contributed by atoms with Crippen molar-refractivity contribution in [1.82, 2.24) is 20.0 Å². The topological polar surface area (TPSA) is 90.6 Å². The molecule has 0 aliphatic heterocycles. The third-order valence-electron chi connectivity index (χ3n) is 4.69. The van der Waals surface area contributed by atoms with Gasteiger partial charge in [0.15, 0.2) is 0 Å². The molecule has 0 fully saturated rings. The van der Waals surface area contributed by atoms with Crippen LogP contribution in [-0.2, 0) is 19.5 Å². The maximum absolute atomic E-state index is 12.0. The molecule has 7 heteroatoms. The number of aliphatic hydroxyl groups is 1. The largest absolute Gasteiger partial charge is 0.465 e. The molecule has 0 radical (unpaired) electrons. The number of carboxylic acid groups (broad SMARTS) is 1. The Bertz CT molecular complexity index is 740. The molecule has 7 nitrogen and oxygen atoms in total. The Kier molecular flexibility index (Phi) is 7.60. The van der Waals surface area contributed by atoms with Gasteiger partial charge in [0, 0.05) is 36.9 Å². The summed E-state index contributed by atoms with van der Waals surface area (Å²) in [4.78, 5) is 13.4. The average Bonchev–Trinajstić information content (AvgIpc) is 3.08. The number of aromatic nitrogens is 2. The Hall–Kier alpha value is -2.38. The maximum Gasteiger partial charge on any atom is 0.408 e. The first kappa shape index (κ1) is 21.9. The van der Waals surface area contributed by atoms with Gasteiger partial charge < -0.3 is 15.5 Å². The van der Waals surface area contributed by atoms with Crippen molar-refractivity contribution in [3.63, 3.8) is 0 Å². The predicted molar refractivity (Wildman–Crippen MR) is 109 cm³/mol. The van der Waals surface area contributed by atoms with Crippen molar-refractivity contribution in [2.75, 3.05) is 6.54 Å². The van der Waals surface area contributed by atoms with Crippen molar-refractivity contribution in [3.8, 4) is 0 Å². The molecule has 2 atom stereocenters. The van der Waals surface area contributed by atoms with E-state index in [-0.39, 0.29) is 6.54 Å². The Labute approximate surface area is 167 Å². The zero-order valence-electron chi connectivity index (χ0n) is 17.2. The SMILES string of the molecule is CCn1cc(CNC[C@@H](O)[C@H](Cc2ccccc2)N(C(=O)O)C(C)(C)C)cn1. The van der Waals surface area contributed by atoms with Gasteiger partial charge in [-0.15, -0.1) is 0 Å². The van der Waals surface area contributed by atoms with E-state index in [9.17, 15) is 15.0 Å². The summed E-state index contributed by atoms with van der Waals surface area (Å²) in [5.41, 5.74) is 1.39. The number of nitrogens with one attached hydrogen (secondary N) is 1. The number of hydrogen-bond acceptors (Lipinski definition) is 4. The van der Waals surface area contributed by atoms with Crippen LogP contribution in [0, 0.1) is 0 Å². The third-order valence-corrected chi connectivity index (χ3v) is 4.69. The van der Waals surface area contributed by atoms with Gasteiger partial charge in [0.05, 0.1) is 18.3 Å². The molecule has 0 spiro atoms. The molecule has 2 aromatic rings. The third kappa shape index (κ3) is 6.07. The zero-order valence-corrected chi connectivity index (χ0v) is 17.2. The van der Waals surface area contributed by atoms with Gasteiger partial charge in [-0.3, -0.25) is 9.58 Å². The van der Waals surface area contributed by atoms with Crippen LogP contribution in [0.4, 0.5) is 4.79 Å². The molecule has 1 amide bonds. The number of aliphatic hydroxyl groups excluding tert-OH is 1. The maximum atomic E-state index is 12.0. The van der Waals surface area contributed by atoms with Gasteiger partial charge in [-0.05, 0) is 39.7 Å². The van der Waals surface area contributed by atoms with Crippen molar-refractivity contribution in [3.05, 3.63) is 53.9 Å². The number of aryl methyl sites for hydroxylation is 1. The number of amides is 1. The van der Waals surface area contributed by atoms with Gasteiger partial charge in [0.2, 0.25) is 0 Å². The van der Waals surface area contributed by atoms with Gasteiger partial charge in [-0.25, -0.2) is 4.79 Å². The van der Waals surface area contributed by atoms with Crippen LogP contribution < -0.4 is 5.32 Å². The fourth-order valence-corrected chi connectivity index (χ4v) is 3.35. The van der Waals surface area contributed by atoms with Gasteiger partial charge >= 0.3 is 6.09 Å². The van der Waals surface area contributed by atoms with E-state index < -0.39 is 23.8 Å². The fraction of sp³-hybridized carbons (Fsp3) is 0.524. The number of carbonyl (C=O) groups is 1. The highest BCUT2D eigenvalue weighted by atomic mass is 16.4. The summed E-state index contributed by atoms with van der Waals surface area (Å²) in [5.74, 6) is 0. The van der Waals surface area contributed by atoms with Gasteiger partial charge in [-0.1, -0.05) is 30.3 Å². The standard InChI is InChI=1S/C21H32N4O3/c1-5-24-15-17(13-23-24)12-22-14-19(26)18(11-16-9-7-6-8-10-16)25(20(27)28)21(2,3)4/h6-10,13,15,18-19,22,26H,5,11-12,14H2,1-4H3,(H,27,28)/t18-,19+/m0/s1. The van der Waals surface area contributed by atoms with E-state index in [1.165, 1.54) is 4.90 Å². The second kappa shape index (κ2) is 9.71. The normalized spacial score (nSPS) is 13.9. The molecular formula is C21H32N4O3. The molecule has 154 valence electrons. The Morgan fingerprint density at radius 1 is 1.25 bits per heavy atom. The molecule has 1 aromatic carbocycles.